The maximum Gasteiger partial charge on any atom is 0.305 e. The standard InChI is InChI=1S/C12H14N2O4S/c1-19(17,18)8-11-13-9-4-2-3-5-10(9)14(11)7-6-12(15)16/h2-5H,6-8H2,1H3,(H,15,16). The molecule has 0 saturated carbocycles. The van der Waals surface area contributed by atoms with E-state index in [0.717, 1.165) is 11.8 Å². The van der Waals surface area contributed by atoms with Crippen molar-refractivity contribution in [3.63, 3.8) is 0 Å². The molecule has 0 amide bonds. The second kappa shape index (κ2) is 5.00. The van der Waals surface area contributed by atoms with E-state index in [-0.39, 0.29) is 18.7 Å². The molecular formula is C12H14N2O4S. The number of hydrogen-bond acceptors (Lipinski definition) is 4. The van der Waals surface area contributed by atoms with Crippen molar-refractivity contribution in [1.82, 2.24) is 9.55 Å². The van der Waals surface area contributed by atoms with Crippen LogP contribution in [0.4, 0.5) is 0 Å². The first-order valence-electron chi connectivity index (χ1n) is 5.70. The van der Waals surface area contributed by atoms with E-state index in [1.165, 1.54) is 0 Å². The van der Waals surface area contributed by atoms with Crippen molar-refractivity contribution in [2.75, 3.05) is 6.26 Å². The van der Waals surface area contributed by atoms with Gasteiger partial charge in [0, 0.05) is 12.8 Å². The van der Waals surface area contributed by atoms with Crippen molar-refractivity contribution < 1.29 is 18.3 Å². The highest BCUT2D eigenvalue weighted by Gasteiger charge is 2.15. The highest BCUT2D eigenvalue weighted by atomic mass is 32.2. The van der Waals surface area contributed by atoms with Crippen LogP contribution in [0.3, 0.4) is 0 Å². The summed E-state index contributed by atoms with van der Waals surface area (Å²) in [7, 11) is -3.22. The van der Waals surface area contributed by atoms with Crippen LogP contribution < -0.4 is 0 Å². The highest BCUT2D eigenvalue weighted by molar-refractivity contribution is 7.89. The molecule has 7 heteroatoms. The molecule has 0 atom stereocenters. The zero-order chi connectivity index (χ0) is 14.0. The van der Waals surface area contributed by atoms with Gasteiger partial charge >= 0.3 is 5.97 Å². The predicted molar refractivity (Wildman–Crippen MR) is 70.5 cm³/mol. The lowest BCUT2D eigenvalue weighted by molar-refractivity contribution is -0.137. The van der Waals surface area contributed by atoms with Gasteiger partial charge in [0.2, 0.25) is 0 Å². The lowest BCUT2D eigenvalue weighted by atomic mass is 10.3. The van der Waals surface area contributed by atoms with Gasteiger partial charge < -0.3 is 9.67 Å². The summed E-state index contributed by atoms with van der Waals surface area (Å²) in [6.07, 6.45) is 1.06. The van der Waals surface area contributed by atoms with Crippen molar-refractivity contribution >= 4 is 26.8 Å². The lowest BCUT2D eigenvalue weighted by Crippen LogP contribution is -2.11. The van der Waals surface area contributed by atoms with Gasteiger partial charge in [-0.1, -0.05) is 12.1 Å². The number of carboxylic acid groups (broad SMARTS) is 1. The van der Waals surface area contributed by atoms with Crippen LogP contribution in [0.2, 0.25) is 0 Å². The Morgan fingerprint density at radius 2 is 2.05 bits per heavy atom. The van der Waals surface area contributed by atoms with Gasteiger partial charge in [-0.05, 0) is 12.1 Å². The number of aryl methyl sites for hydroxylation is 1. The number of para-hydroxylation sites is 2. The molecule has 1 aromatic heterocycles. The maximum atomic E-state index is 11.4. The van der Waals surface area contributed by atoms with E-state index in [1.807, 2.05) is 6.07 Å². The van der Waals surface area contributed by atoms with Crippen molar-refractivity contribution in [3.05, 3.63) is 30.1 Å². The molecule has 0 bridgehead atoms. The average Bonchev–Trinajstić information content (AvgIpc) is 2.61. The Labute approximate surface area is 110 Å². The van der Waals surface area contributed by atoms with Crippen LogP contribution in [-0.2, 0) is 26.9 Å². The van der Waals surface area contributed by atoms with Crippen LogP contribution >= 0.6 is 0 Å². The number of benzene rings is 1. The zero-order valence-corrected chi connectivity index (χ0v) is 11.2. The number of fused-ring (bicyclic) bond motifs is 1. The second-order valence-electron chi connectivity index (χ2n) is 4.38. The van der Waals surface area contributed by atoms with E-state index in [2.05, 4.69) is 4.98 Å². The topological polar surface area (TPSA) is 89.3 Å². The van der Waals surface area contributed by atoms with Gasteiger partial charge in [0.15, 0.2) is 9.84 Å². The molecule has 1 heterocycles. The van der Waals surface area contributed by atoms with Gasteiger partial charge in [-0.2, -0.15) is 0 Å². The van der Waals surface area contributed by atoms with Crippen LogP contribution in [0.1, 0.15) is 12.2 Å². The summed E-state index contributed by atoms with van der Waals surface area (Å²) in [6, 6.07) is 7.20. The average molecular weight is 282 g/mol. The lowest BCUT2D eigenvalue weighted by Gasteiger charge is -2.06. The second-order valence-corrected chi connectivity index (χ2v) is 6.52. The van der Waals surface area contributed by atoms with Crippen molar-refractivity contribution in [2.24, 2.45) is 0 Å². The number of aliphatic carboxylic acids is 1. The van der Waals surface area contributed by atoms with E-state index in [9.17, 15) is 13.2 Å². The van der Waals surface area contributed by atoms with E-state index in [0.29, 0.717) is 11.3 Å². The summed E-state index contributed by atoms with van der Waals surface area (Å²) >= 11 is 0. The number of carboxylic acids is 1. The first-order valence-corrected chi connectivity index (χ1v) is 7.76. The summed E-state index contributed by atoms with van der Waals surface area (Å²) in [5, 5.41) is 8.76. The van der Waals surface area contributed by atoms with Crippen LogP contribution in [0.5, 0.6) is 0 Å². The fourth-order valence-electron chi connectivity index (χ4n) is 1.93. The molecular weight excluding hydrogens is 268 g/mol. The number of aromatic nitrogens is 2. The van der Waals surface area contributed by atoms with E-state index >= 15 is 0 Å². The fraction of sp³-hybridized carbons (Fsp3) is 0.333. The Balaban J connectivity index is 2.48. The van der Waals surface area contributed by atoms with E-state index < -0.39 is 15.8 Å². The van der Waals surface area contributed by atoms with Crippen molar-refractivity contribution in [1.29, 1.82) is 0 Å². The van der Waals surface area contributed by atoms with Crippen LogP contribution in [0.15, 0.2) is 24.3 Å². The van der Waals surface area contributed by atoms with E-state index in [4.69, 9.17) is 5.11 Å². The summed E-state index contributed by atoms with van der Waals surface area (Å²) in [4.78, 5) is 14.9. The summed E-state index contributed by atoms with van der Waals surface area (Å²) in [5.41, 5.74) is 1.42. The minimum atomic E-state index is -3.22. The molecule has 0 aliphatic heterocycles. The van der Waals surface area contributed by atoms with Crippen molar-refractivity contribution in [2.45, 2.75) is 18.7 Å². The maximum absolute atomic E-state index is 11.4. The predicted octanol–water partition coefficient (Wildman–Crippen LogP) is 1.06. The molecule has 0 saturated heterocycles. The first kappa shape index (κ1) is 13.5. The Kier molecular flexibility index (Phi) is 3.57. The van der Waals surface area contributed by atoms with Gasteiger partial charge in [0.25, 0.3) is 0 Å². The van der Waals surface area contributed by atoms with Crippen molar-refractivity contribution in [3.8, 4) is 0 Å². The summed E-state index contributed by atoms with van der Waals surface area (Å²) in [6.45, 7) is 0.209. The normalized spacial score (nSPS) is 11.8. The van der Waals surface area contributed by atoms with Crippen LogP contribution in [-0.4, -0.2) is 35.3 Å². The molecule has 1 N–H and O–H groups in total. The van der Waals surface area contributed by atoms with Gasteiger partial charge in [-0.25, -0.2) is 13.4 Å². The third-order valence-electron chi connectivity index (χ3n) is 2.67. The number of sulfone groups is 1. The molecule has 0 fully saturated rings. The third kappa shape index (κ3) is 3.31. The Hall–Kier alpha value is -1.89. The Morgan fingerprint density at radius 1 is 1.37 bits per heavy atom. The number of nitrogens with zero attached hydrogens (tertiary/aromatic N) is 2. The minimum Gasteiger partial charge on any atom is -0.481 e. The molecule has 2 aromatic rings. The van der Waals surface area contributed by atoms with Crippen LogP contribution in [0.25, 0.3) is 11.0 Å². The number of rotatable bonds is 5. The molecule has 19 heavy (non-hydrogen) atoms. The molecule has 0 unspecified atom stereocenters. The molecule has 0 aliphatic rings. The SMILES string of the molecule is CS(=O)(=O)Cc1nc2ccccc2n1CCC(=O)O. The molecule has 102 valence electrons. The number of hydrogen-bond donors (Lipinski definition) is 1. The van der Waals surface area contributed by atoms with Gasteiger partial charge in [0.1, 0.15) is 11.6 Å². The Morgan fingerprint density at radius 3 is 2.68 bits per heavy atom. The molecule has 0 aliphatic carbocycles. The van der Waals surface area contributed by atoms with Crippen LogP contribution in [0, 0.1) is 0 Å². The fourth-order valence-corrected chi connectivity index (χ4v) is 2.62. The highest BCUT2D eigenvalue weighted by Crippen LogP contribution is 2.18. The molecule has 2 rings (SSSR count). The summed E-state index contributed by atoms with van der Waals surface area (Å²) < 4.78 is 24.5. The molecule has 1 aromatic carbocycles. The number of imidazole rings is 1. The smallest absolute Gasteiger partial charge is 0.305 e. The minimum absolute atomic E-state index is 0.0723. The molecule has 0 radical (unpaired) electrons. The third-order valence-corrected chi connectivity index (χ3v) is 3.46. The summed E-state index contributed by atoms with van der Waals surface area (Å²) in [5.74, 6) is -0.741. The van der Waals surface area contributed by atoms with E-state index in [1.54, 1.807) is 22.8 Å². The first-order chi connectivity index (χ1) is 8.87. The zero-order valence-electron chi connectivity index (χ0n) is 10.4. The molecule has 0 spiro atoms. The Bertz CT molecular complexity index is 718. The van der Waals surface area contributed by atoms with Gasteiger partial charge in [-0.3, -0.25) is 4.79 Å². The number of carbonyl (C=O) groups is 1. The van der Waals surface area contributed by atoms with Gasteiger partial charge in [-0.15, -0.1) is 0 Å². The van der Waals surface area contributed by atoms with Gasteiger partial charge in [0.05, 0.1) is 17.5 Å². The largest absolute Gasteiger partial charge is 0.481 e. The monoisotopic (exact) mass is 282 g/mol. The molecule has 6 nitrogen and oxygen atoms in total. The quantitative estimate of drug-likeness (QED) is 0.885.